The smallest absolute Gasteiger partial charge is 0.247 e. The van der Waals surface area contributed by atoms with Crippen LogP contribution in [0.25, 0.3) is 0 Å². The standard InChI is InChI=1S/C19H28N2O4S2/c1-12-10-8-9-11-19(12,23)27(24,25)18(6,7)15(22)21-16-20-13(2)14(26-16)17(3,4)5/h8-12,23H,1-7H3,(H,20,21,22). The van der Waals surface area contributed by atoms with Gasteiger partial charge in [0.25, 0.3) is 0 Å². The molecule has 0 saturated carbocycles. The molecule has 0 spiro atoms. The van der Waals surface area contributed by atoms with Gasteiger partial charge in [0.15, 0.2) is 19.9 Å². The van der Waals surface area contributed by atoms with Crippen molar-refractivity contribution >= 4 is 32.2 Å². The SMILES string of the molecule is Cc1nc(NC(=O)C(C)(C)S(=O)(=O)C2(O)C=CC=CC2C)sc1C(C)(C)C. The molecule has 6 nitrogen and oxygen atoms in total. The zero-order valence-electron chi connectivity index (χ0n) is 16.8. The van der Waals surface area contributed by atoms with Crippen molar-refractivity contribution < 1.29 is 18.3 Å². The number of nitrogens with zero attached hydrogens (tertiary/aromatic N) is 1. The Morgan fingerprint density at radius 1 is 1.26 bits per heavy atom. The average molecular weight is 413 g/mol. The molecule has 150 valence electrons. The van der Waals surface area contributed by atoms with E-state index in [2.05, 4.69) is 10.3 Å². The number of aromatic nitrogens is 1. The molecule has 1 amide bonds. The second kappa shape index (κ2) is 6.83. The molecule has 2 atom stereocenters. The van der Waals surface area contributed by atoms with Crippen LogP contribution in [-0.4, -0.2) is 34.1 Å². The summed E-state index contributed by atoms with van der Waals surface area (Å²) in [5.74, 6) is -1.39. The van der Waals surface area contributed by atoms with Crippen LogP contribution in [0.4, 0.5) is 5.13 Å². The van der Waals surface area contributed by atoms with Crippen molar-refractivity contribution in [1.29, 1.82) is 0 Å². The fourth-order valence-corrected chi connectivity index (χ4v) is 5.93. The molecule has 0 aromatic carbocycles. The Labute approximate surface area is 165 Å². The van der Waals surface area contributed by atoms with Crippen LogP contribution >= 0.6 is 11.3 Å². The van der Waals surface area contributed by atoms with E-state index in [1.54, 1.807) is 19.1 Å². The number of sulfone groups is 1. The second-order valence-electron chi connectivity index (χ2n) is 8.44. The molecule has 8 heteroatoms. The van der Waals surface area contributed by atoms with Crippen molar-refractivity contribution in [3.8, 4) is 0 Å². The number of thiazole rings is 1. The lowest BCUT2D eigenvalue weighted by Crippen LogP contribution is -2.56. The fourth-order valence-electron chi connectivity index (χ4n) is 2.97. The summed E-state index contributed by atoms with van der Waals surface area (Å²) >= 11 is 1.33. The van der Waals surface area contributed by atoms with Crippen molar-refractivity contribution in [2.75, 3.05) is 5.32 Å². The number of allylic oxidation sites excluding steroid dienone is 2. The zero-order chi connectivity index (χ0) is 20.8. The molecule has 1 heterocycles. The van der Waals surface area contributed by atoms with Crippen LogP contribution < -0.4 is 5.32 Å². The van der Waals surface area contributed by atoms with E-state index in [0.29, 0.717) is 5.13 Å². The Morgan fingerprint density at radius 2 is 1.85 bits per heavy atom. The molecular formula is C19H28N2O4S2. The maximum absolute atomic E-state index is 13.2. The van der Waals surface area contributed by atoms with Crippen LogP contribution in [-0.2, 0) is 20.0 Å². The first-order valence-corrected chi connectivity index (χ1v) is 11.1. The summed E-state index contributed by atoms with van der Waals surface area (Å²) in [5, 5.41) is 13.8. The van der Waals surface area contributed by atoms with Gasteiger partial charge in [-0.1, -0.05) is 45.9 Å². The van der Waals surface area contributed by atoms with Gasteiger partial charge in [0.05, 0.1) is 5.69 Å². The molecule has 1 aliphatic rings. The molecule has 0 fully saturated rings. The highest BCUT2D eigenvalue weighted by Crippen LogP contribution is 2.38. The number of aryl methyl sites for hydroxylation is 1. The molecular weight excluding hydrogens is 384 g/mol. The first-order chi connectivity index (χ1) is 12.1. The van der Waals surface area contributed by atoms with Crippen molar-refractivity contribution in [1.82, 2.24) is 4.98 Å². The number of aliphatic hydroxyl groups is 1. The summed E-state index contributed by atoms with van der Waals surface area (Å²) in [7, 11) is -4.28. The quantitative estimate of drug-likeness (QED) is 0.791. The van der Waals surface area contributed by atoms with E-state index in [4.69, 9.17) is 0 Å². The van der Waals surface area contributed by atoms with E-state index in [1.807, 2.05) is 27.7 Å². The van der Waals surface area contributed by atoms with Crippen LogP contribution in [0, 0.1) is 12.8 Å². The highest BCUT2D eigenvalue weighted by molar-refractivity contribution is 7.94. The van der Waals surface area contributed by atoms with E-state index in [0.717, 1.165) is 10.6 Å². The van der Waals surface area contributed by atoms with Crippen LogP contribution in [0.1, 0.15) is 52.1 Å². The normalized spacial score (nSPS) is 23.5. The van der Waals surface area contributed by atoms with Crippen LogP contribution in [0.2, 0.25) is 0 Å². The first-order valence-electron chi connectivity index (χ1n) is 8.76. The van der Waals surface area contributed by atoms with Crippen LogP contribution in [0.15, 0.2) is 24.3 Å². The summed E-state index contributed by atoms with van der Waals surface area (Å²) in [4.78, 5) is 16.1. The van der Waals surface area contributed by atoms with E-state index >= 15 is 0 Å². The monoisotopic (exact) mass is 412 g/mol. The minimum atomic E-state index is -4.28. The fraction of sp³-hybridized carbons (Fsp3) is 0.579. The third-order valence-electron chi connectivity index (χ3n) is 4.85. The predicted octanol–water partition coefficient (Wildman–Crippen LogP) is 3.33. The molecule has 0 bridgehead atoms. The van der Waals surface area contributed by atoms with Crippen LogP contribution in [0.5, 0.6) is 0 Å². The first kappa shape index (κ1) is 21.8. The summed E-state index contributed by atoms with van der Waals surface area (Å²) in [5.41, 5.74) is 0.673. The number of carbonyl (C=O) groups excluding carboxylic acids is 1. The molecule has 27 heavy (non-hydrogen) atoms. The van der Waals surface area contributed by atoms with Gasteiger partial charge in [-0.05, 0) is 32.3 Å². The Hall–Kier alpha value is -1.51. The van der Waals surface area contributed by atoms with Gasteiger partial charge in [0.1, 0.15) is 4.75 Å². The number of rotatable bonds is 4. The van der Waals surface area contributed by atoms with E-state index in [9.17, 15) is 18.3 Å². The topological polar surface area (TPSA) is 96.4 Å². The number of carbonyl (C=O) groups is 1. The summed E-state index contributed by atoms with van der Waals surface area (Å²) in [6.07, 6.45) is 5.98. The third kappa shape index (κ3) is 3.62. The van der Waals surface area contributed by atoms with Crippen molar-refractivity contribution in [2.24, 2.45) is 5.92 Å². The summed E-state index contributed by atoms with van der Waals surface area (Å²) in [6, 6.07) is 0. The van der Waals surface area contributed by atoms with Gasteiger partial charge in [0.2, 0.25) is 5.91 Å². The van der Waals surface area contributed by atoms with Crippen molar-refractivity contribution in [3.05, 3.63) is 34.9 Å². The number of hydrogen-bond acceptors (Lipinski definition) is 6. The predicted molar refractivity (Wildman–Crippen MR) is 110 cm³/mol. The molecule has 2 N–H and O–H groups in total. The van der Waals surface area contributed by atoms with E-state index < -0.39 is 31.3 Å². The van der Waals surface area contributed by atoms with Gasteiger partial charge in [-0.25, -0.2) is 13.4 Å². The van der Waals surface area contributed by atoms with E-state index in [1.165, 1.54) is 37.3 Å². The zero-order valence-corrected chi connectivity index (χ0v) is 18.5. The Balaban J connectivity index is 2.35. The second-order valence-corrected chi connectivity index (χ2v) is 12.1. The van der Waals surface area contributed by atoms with Gasteiger partial charge in [-0.15, -0.1) is 11.3 Å². The molecule has 0 saturated heterocycles. The highest BCUT2D eigenvalue weighted by atomic mass is 32.2. The van der Waals surface area contributed by atoms with E-state index in [-0.39, 0.29) is 5.41 Å². The number of anilines is 1. The summed E-state index contributed by atoms with van der Waals surface area (Å²) < 4.78 is 24.5. The molecule has 0 radical (unpaired) electrons. The average Bonchev–Trinajstić information content (AvgIpc) is 2.90. The largest absolute Gasteiger partial charge is 0.371 e. The van der Waals surface area contributed by atoms with Gasteiger partial charge in [-0.3, -0.25) is 4.79 Å². The Kier molecular flexibility index (Phi) is 5.51. The molecule has 2 unspecified atom stereocenters. The minimum absolute atomic E-state index is 0.129. The number of nitrogens with one attached hydrogen (secondary N) is 1. The van der Waals surface area contributed by atoms with Crippen molar-refractivity contribution in [3.63, 3.8) is 0 Å². The minimum Gasteiger partial charge on any atom is -0.371 e. The Morgan fingerprint density at radius 3 is 2.33 bits per heavy atom. The molecule has 0 aliphatic heterocycles. The molecule has 2 rings (SSSR count). The molecule has 1 aromatic heterocycles. The summed E-state index contributed by atoms with van der Waals surface area (Å²) in [6.45, 7) is 12.2. The van der Waals surface area contributed by atoms with Gasteiger partial charge < -0.3 is 10.4 Å². The maximum atomic E-state index is 13.2. The molecule has 1 aliphatic carbocycles. The highest BCUT2D eigenvalue weighted by Gasteiger charge is 2.56. The molecule has 1 aromatic rings. The Bertz CT molecular complexity index is 905. The van der Waals surface area contributed by atoms with Gasteiger partial charge >= 0.3 is 0 Å². The van der Waals surface area contributed by atoms with Gasteiger partial charge in [-0.2, -0.15) is 0 Å². The van der Waals surface area contributed by atoms with Crippen molar-refractivity contribution in [2.45, 2.75) is 63.6 Å². The number of hydrogen-bond donors (Lipinski definition) is 2. The number of amides is 1. The lowest BCUT2D eigenvalue weighted by molar-refractivity contribution is -0.118. The lowest BCUT2D eigenvalue weighted by Gasteiger charge is -2.37. The van der Waals surface area contributed by atoms with Crippen LogP contribution in [0.3, 0.4) is 0 Å². The third-order valence-corrected chi connectivity index (χ3v) is 9.24. The van der Waals surface area contributed by atoms with Gasteiger partial charge in [0, 0.05) is 10.8 Å². The lowest BCUT2D eigenvalue weighted by atomic mass is 9.94. The maximum Gasteiger partial charge on any atom is 0.247 e.